The normalized spacial score (nSPS) is 32.2. The summed E-state index contributed by atoms with van der Waals surface area (Å²) < 4.78 is 5.50. The third-order valence-electron chi connectivity index (χ3n) is 3.54. The molecule has 2 fully saturated rings. The lowest BCUT2D eigenvalue weighted by atomic mass is 9.86. The van der Waals surface area contributed by atoms with Gasteiger partial charge in [0.25, 0.3) is 0 Å². The van der Waals surface area contributed by atoms with Gasteiger partial charge in [0.15, 0.2) is 0 Å². The van der Waals surface area contributed by atoms with Crippen LogP contribution in [0.3, 0.4) is 0 Å². The molecule has 6 heteroatoms. The van der Waals surface area contributed by atoms with Gasteiger partial charge in [0.1, 0.15) is 12.9 Å². The van der Waals surface area contributed by atoms with E-state index in [1.807, 2.05) is 0 Å². The lowest BCUT2D eigenvalue weighted by Crippen LogP contribution is -2.49. The van der Waals surface area contributed by atoms with Gasteiger partial charge in [-0.25, -0.2) is 10.9 Å². The Balaban J connectivity index is 1.79. The number of hydrogen-bond acceptors (Lipinski definition) is 5. The van der Waals surface area contributed by atoms with Crippen LogP contribution in [0.4, 0.5) is 0 Å². The van der Waals surface area contributed by atoms with Crippen molar-refractivity contribution in [1.29, 1.82) is 0 Å². The number of terminal acetylenes is 1. The van der Waals surface area contributed by atoms with Crippen molar-refractivity contribution in [1.82, 2.24) is 15.8 Å². The van der Waals surface area contributed by atoms with Gasteiger partial charge in [-0.1, -0.05) is 5.92 Å². The number of carbonyl (C=O) groups excluding carboxylic acids is 1. The van der Waals surface area contributed by atoms with Crippen molar-refractivity contribution in [3.05, 3.63) is 0 Å². The summed E-state index contributed by atoms with van der Waals surface area (Å²) in [5, 5.41) is 0. The molecule has 0 bridgehead atoms. The van der Waals surface area contributed by atoms with E-state index in [1.165, 1.54) is 0 Å². The van der Waals surface area contributed by atoms with E-state index in [4.69, 9.17) is 16.9 Å². The van der Waals surface area contributed by atoms with E-state index in [9.17, 15) is 4.79 Å². The predicted molar refractivity (Wildman–Crippen MR) is 66.5 cm³/mol. The highest BCUT2D eigenvalue weighted by molar-refractivity contribution is 5.79. The van der Waals surface area contributed by atoms with Gasteiger partial charge in [0.05, 0.1) is 12.8 Å². The van der Waals surface area contributed by atoms with Crippen LogP contribution in [0.2, 0.25) is 0 Å². The van der Waals surface area contributed by atoms with Crippen LogP contribution in [-0.4, -0.2) is 36.5 Å². The minimum atomic E-state index is -0.423. The topological polar surface area (TPSA) is 79.6 Å². The number of nitrogens with two attached hydrogens (primary N) is 1. The van der Waals surface area contributed by atoms with Crippen LogP contribution in [0.5, 0.6) is 0 Å². The second kappa shape index (κ2) is 6.16. The van der Waals surface area contributed by atoms with Crippen molar-refractivity contribution in [2.45, 2.75) is 38.1 Å². The van der Waals surface area contributed by atoms with Crippen molar-refractivity contribution in [2.75, 3.05) is 13.3 Å². The van der Waals surface area contributed by atoms with Gasteiger partial charge < -0.3 is 4.74 Å². The first kappa shape index (κ1) is 13.3. The van der Waals surface area contributed by atoms with Crippen molar-refractivity contribution in [3.8, 4) is 12.3 Å². The van der Waals surface area contributed by atoms with Gasteiger partial charge in [0, 0.05) is 5.92 Å². The van der Waals surface area contributed by atoms with Gasteiger partial charge in [-0.05, 0) is 25.7 Å². The standard InChI is InChI=1S/C12H20N4O2/c1-2-7-18-10-5-3-9(4-6-10)11(17)16-8-14-15-12(16)13/h1,9-10,12,14-15H,3-8,13H2. The predicted octanol–water partition coefficient (Wildman–Crippen LogP) is -0.669. The molecule has 18 heavy (non-hydrogen) atoms. The summed E-state index contributed by atoms with van der Waals surface area (Å²) in [6.07, 6.45) is 8.41. The van der Waals surface area contributed by atoms with E-state index in [0.29, 0.717) is 13.3 Å². The number of amides is 1. The molecule has 2 aliphatic rings. The molecule has 0 aromatic rings. The van der Waals surface area contributed by atoms with Crippen LogP contribution in [0.1, 0.15) is 25.7 Å². The molecule has 1 heterocycles. The van der Waals surface area contributed by atoms with Crippen LogP contribution < -0.4 is 16.6 Å². The first-order valence-corrected chi connectivity index (χ1v) is 6.32. The maximum atomic E-state index is 12.2. The van der Waals surface area contributed by atoms with E-state index in [2.05, 4.69) is 16.8 Å². The highest BCUT2D eigenvalue weighted by Gasteiger charge is 2.33. The Morgan fingerprint density at radius 2 is 2.17 bits per heavy atom. The van der Waals surface area contributed by atoms with Crippen molar-refractivity contribution in [2.24, 2.45) is 11.7 Å². The molecule has 4 N–H and O–H groups in total. The van der Waals surface area contributed by atoms with Crippen LogP contribution in [-0.2, 0) is 9.53 Å². The number of ether oxygens (including phenoxy) is 1. The average molecular weight is 252 g/mol. The molecular weight excluding hydrogens is 232 g/mol. The molecule has 1 saturated heterocycles. The van der Waals surface area contributed by atoms with Crippen LogP contribution in [0.25, 0.3) is 0 Å². The van der Waals surface area contributed by atoms with Crippen molar-refractivity contribution in [3.63, 3.8) is 0 Å². The van der Waals surface area contributed by atoms with E-state index >= 15 is 0 Å². The fraction of sp³-hybridized carbons (Fsp3) is 0.750. The first-order valence-electron chi connectivity index (χ1n) is 6.32. The van der Waals surface area contributed by atoms with E-state index in [1.54, 1.807) is 4.90 Å². The minimum absolute atomic E-state index is 0.0587. The van der Waals surface area contributed by atoms with Gasteiger partial charge >= 0.3 is 0 Å². The van der Waals surface area contributed by atoms with Crippen LogP contribution in [0, 0.1) is 18.3 Å². The molecule has 1 amide bonds. The van der Waals surface area contributed by atoms with Crippen LogP contribution >= 0.6 is 0 Å². The van der Waals surface area contributed by atoms with Crippen LogP contribution in [0.15, 0.2) is 0 Å². The number of carbonyl (C=O) groups is 1. The van der Waals surface area contributed by atoms with Gasteiger partial charge in [-0.2, -0.15) is 0 Å². The summed E-state index contributed by atoms with van der Waals surface area (Å²) in [5.41, 5.74) is 11.4. The maximum absolute atomic E-state index is 12.2. The zero-order chi connectivity index (χ0) is 13.0. The zero-order valence-electron chi connectivity index (χ0n) is 10.4. The fourth-order valence-electron chi connectivity index (χ4n) is 2.50. The quantitative estimate of drug-likeness (QED) is 0.581. The first-order chi connectivity index (χ1) is 8.72. The smallest absolute Gasteiger partial charge is 0.229 e. The largest absolute Gasteiger partial charge is 0.366 e. The Hall–Kier alpha value is -1.13. The summed E-state index contributed by atoms with van der Waals surface area (Å²) in [7, 11) is 0. The molecule has 1 atom stereocenters. The molecule has 1 saturated carbocycles. The fourth-order valence-corrected chi connectivity index (χ4v) is 2.50. The third kappa shape index (κ3) is 3.00. The van der Waals surface area contributed by atoms with Gasteiger partial charge in [-0.15, -0.1) is 6.42 Å². The Bertz CT molecular complexity index is 333. The summed E-state index contributed by atoms with van der Waals surface area (Å²) >= 11 is 0. The molecule has 1 aliphatic heterocycles. The summed E-state index contributed by atoms with van der Waals surface area (Å²) in [4.78, 5) is 13.9. The molecule has 1 unspecified atom stereocenters. The Labute approximate surface area is 107 Å². The van der Waals surface area contributed by atoms with Crippen molar-refractivity contribution >= 4 is 5.91 Å². The number of hydrazine groups is 1. The second-order valence-corrected chi connectivity index (χ2v) is 4.72. The lowest BCUT2D eigenvalue weighted by Gasteiger charge is -2.30. The second-order valence-electron chi connectivity index (χ2n) is 4.72. The van der Waals surface area contributed by atoms with E-state index < -0.39 is 6.29 Å². The highest BCUT2D eigenvalue weighted by Crippen LogP contribution is 2.28. The number of rotatable bonds is 3. The molecule has 0 spiro atoms. The summed E-state index contributed by atoms with van der Waals surface area (Å²) in [6, 6.07) is 0. The number of nitrogens with zero attached hydrogens (tertiary/aromatic N) is 1. The summed E-state index contributed by atoms with van der Waals surface area (Å²) in [6.45, 7) is 0.821. The molecule has 1 aliphatic carbocycles. The Morgan fingerprint density at radius 3 is 2.72 bits per heavy atom. The molecule has 2 rings (SSSR count). The number of nitrogens with one attached hydrogen (secondary N) is 2. The molecule has 100 valence electrons. The summed E-state index contributed by atoms with van der Waals surface area (Å²) in [5.74, 6) is 2.65. The monoisotopic (exact) mass is 252 g/mol. The molecular formula is C12H20N4O2. The van der Waals surface area contributed by atoms with E-state index in [-0.39, 0.29) is 17.9 Å². The third-order valence-corrected chi connectivity index (χ3v) is 3.54. The Kier molecular flexibility index (Phi) is 4.55. The highest BCUT2D eigenvalue weighted by atomic mass is 16.5. The SMILES string of the molecule is C#CCOC1CCC(C(=O)N2CNNC2N)CC1. The average Bonchev–Trinajstić information content (AvgIpc) is 2.82. The maximum Gasteiger partial charge on any atom is 0.229 e. The minimum Gasteiger partial charge on any atom is -0.366 e. The molecule has 0 aromatic heterocycles. The number of hydrogen-bond donors (Lipinski definition) is 3. The van der Waals surface area contributed by atoms with E-state index in [0.717, 1.165) is 25.7 Å². The Morgan fingerprint density at radius 1 is 1.44 bits per heavy atom. The van der Waals surface area contributed by atoms with Crippen molar-refractivity contribution < 1.29 is 9.53 Å². The molecule has 6 nitrogen and oxygen atoms in total. The van der Waals surface area contributed by atoms with Gasteiger partial charge in [-0.3, -0.25) is 15.4 Å². The lowest BCUT2D eigenvalue weighted by molar-refractivity contribution is -0.138. The molecule has 0 aromatic carbocycles. The van der Waals surface area contributed by atoms with Gasteiger partial charge in [0.2, 0.25) is 5.91 Å². The molecule has 0 radical (unpaired) electrons. The zero-order valence-corrected chi connectivity index (χ0v) is 10.4.